The molecule has 150 valence electrons. The van der Waals surface area contributed by atoms with E-state index in [9.17, 15) is 9.59 Å². The molecule has 0 aliphatic carbocycles. The molecule has 1 atom stereocenters. The van der Waals surface area contributed by atoms with E-state index in [-0.39, 0.29) is 18.2 Å². The van der Waals surface area contributed by atoms with Gasteiger partial charge in [0.25, 0.3) is 0 Å². The number of rotatable bonds is 8. The lowest BCUT2D eigenvalue weighted by Gasteiger charge is -2.17. The third-order valence-electron chi connectivity index (χ3n) is 4.58. The van der Waals surface area contributed by atoms with Crippen LogP contribution in [0.25, 0.3) is 11.3 Å². The second kappa shape index (κ2) is 9.59. The van der Waals surface area contributed by atoms with Gasteiger partial charge in [-0.05, 0) is 42.0 Å². The summed E-state index contributed by atoms with van der Waals surface area (Å²) in [6.45, 7) is 0. The molecular formula is C23H24N2O4. The summed E-state index contributed by atoms with van der Waals surface area (Å²) in [7, 11) is 3.17. The van der Waals surface area contributed by atoms with Crippen molar-refractivity contribution in [3.63, 3.8) is 0 Å². The summed E-state index contributed by atoms with van der Waals surface area (Å²) in [5, 5.41) is 5.39. The zero-order chi connectivity index (χ0) is 20.6. The predicted molar refractivity (Wildman–Crippen MR) is 110 cm³/mol. The molecule has 3 aromatic rings. The number of amides is 2. The SMILES string of the molecule is CNC(=O)C(NC(=O)CCc1ccc(-c2ccc(OC)cc2)o1)c1ccccc1. The lowest BCUT2D eigenvalue weighted by Crippen LogP contribution is -2.39. The van der Waals surface area contributed by atoms with Crippen molar-refractivity contribution < 1.29 is 18.7 Å². The van der Waals surface area contributed by atoms with E-state index >= 15 is 0 Å². The summed E-state index contributed by atoms with van der Waals surface area (Å²) >= 11 is 0. The minimum absolute atomic E-state index is 0.218. The van der Waals surface area contributed by atoms with E-state index in [1.165, 1.54) is 0 Å². The van der Waals surface area contributed by atoms with Crippen molar-refractivity contribution in [2.24, 2.45) is 0 Å². The van der Waals surface area contributed by atoms with Gasteiger partial charge in [-0.3, -0.25) is 9.59 Å². The van der Waals surface area contributed by atoms with Gasteiger partial charge in [0, 0.05) is 25.5 Å². The molecule has 0 spiro atoms. The molecule has 0 aliphatic heterocycles. The van der Waals surface area contributed by atoms with Crippen LogP contribution in [0.5, 0.6) is 5.75 Å². The van der Waals surface area contributed by atoms with Crippen molar-refractivity contribution in [3.05, 3.63) is 78.1 Å². The van der Waals surface area contributed by atoms with Crippen LogP contribution in [0.15, 0.2) is 71.1 Å². The van der Waals surface area contributed by atoms with E-state index in [2.05, 4.69) is 10.6 Å². The molecule has 0 radical (unpaired) electrons. The normalized spacial score (nSPS) is 11.5. The molecule has 0 saturated carbocycles. The Morgan fingerprint density at radius 3 is 2.38 bits per heavy atom. The smallest absolute Gasteiger partial charge is 0.246 e. The van der Waals surface area contributed by atoms with Crippen LogP contribution in [-0.4, -0.2) is 26.0 Å². The Labute approximate surface area is 169 Å². The number of nitrogens with one attached hydrogen (secondary N) is 2. The maximum Gasteiger partial charge on any atom is 0.246 e. The fourth-order valence-electron chi connectivity index (χ4n) is 2.98. The lowest BCUT2D eigenvalue weighted by atomic mass is 10.1. The van der Waals surface area contributed by atoms with Crippen LogP contribution in [0, 0.1) is 0 Å². The summed E-state index contributed by atoms with van der Waals surface area (Å²) in [6, 6.07) is 19.8. The number of ether oxygens (including phenoxy) is 1. The zero-order valence-corrected chi connectivity index (χ0v) is 16.5. The second-order valence-corrected chi connectivity index (χ2v) is 6.52. The van der Waals surface area contributed by atoms with E-state index in [0.717, 1.165) is 22.6 Å². The highest BCUT2D eigenvalue weighted by atomic mass is 16.5. The highest BCUT2D eigenvalue weighted by Crippen LogP contribution is 2.25. The van der Waals surface area contributed by atoms with Crippen LogP contribution >= 0.6 is 0 Å². The first-order chi connectivity index (χ1) is 14.1. The topological polar surface area (TPSA) is 80.6 Å². The van der Waals surface area contributed by atoms with Gasteiger partial charge in [-0.2, -0.15) is 0 Å². The monoisotopic (exact) mass is 392 g/mol. The van der Waals surface area contributed by atoms with Crippen molar-refractivity contribution in [2.45, 2.75) is 18.9 Å². The van der Waals surface area contributed by atoms with Crippen LogP contribution < -0.4 is 15.4 Å². The first-order valence-corrected chi connectivity index (χ1v) is 9.39. The lowest BCUT2D eigenvalue weighted by molar-refractivity contribution is -0.128. The van der Waals surface area contributed by atoms with E-state index in [1.807, 2.05) is 66.7 Å². The van der Waals surface area contributed by atoms with Crippen molar-refractivity contribution in [2.75, 3.05) is 14.2 Å². The molecule has 2 amide bonds. The van der Waals surface area contributed by atoms with Gasteiger partial charge in [-0.15, -0.1) is 0 Å². The van der Waals surface area contributed by atoms with Gasteiger partial charge in [-0.1, -0.05) is 30.3 Å². The number of hydrogen-bond donors (Lipinski definition) is 2. The molecule has 29 heavy (non-hydrogen) atoms. The zero-order valence-electron chi connectivity index (χ0n) is 16.5. The summed E-state index contributed by atoms with van der Waals surface area (Å²) < 4.78 is 11.0. The molecule has 1 unspecified atom stereocenters. The largest absolute Gasteiger partial charge is 0.497 e. The Kier molecular flexibility index (Phi) is 6.68. The molecule has 2 N–H and O–H groups in total. The van der Waals surface area contributed by atoms with Gasteiger partial charge in [-0.25, -0.2) is 0 Å². The maximum atomic E-state index is 12.4. The van der Waals surface area contributed by atoms with E-state index in [4.69, 9.17) is 9.15 Å². The Hall–Kier alpha value is -3.54. The van der Waals surface area contributed by atoms with E-state index < -0.39 is 6.04 Å². The van der Waals surface area contributed by atoms with Gasteiger partial charge >= 0.3 is 0 Å². The number of methoxy groups -OCH3 is 1. The summed E-state index contributed by atoms with van der Waals surface area (Å²) in [4.78, 5) is 24.6. The minimum Gasteiger partial charge on any atom is -0.497 e. The quantitative estimate of drug-likeness (QED) is 0.615. The van der Waals surface area contributed by atoms with Crippen LogP contribution in [-0.2, 0) is 16.0 Å². The summed E-state index contributed by atoms with van der Waals surface area (Å²) in [5.74, 6) is 1.74. The predicted octanol–water partition coefficient (Wildman–Crippen LogP) is 3.49. The molecule has 1 heterocycles. The van der Waals surface area contributed by atoms with Crippen LogP contribution in [0.3, 0.4) is 0 Å². The Bertz CT molecular complexity index is 949. The fourth-order valence-corrected chi connectivity index (χ4v) is 2.98. The van der Waals surface area contributed by atoms with Gasteiger partial charge in [0.05, 0.1) is 7.11 Å². The highest BCUT2D eigenvalue weighted by Gasteiger charge is 2.21. The molecule has 0 bridgehead atoms. The molecule has 0 aliphatic rings. The van der Waals surface area contributed by atoms with E-state index in [1.54, 1.807) is 14.2 Å². The molecule has 1 aromatic heterocycles. The first-order valence-electron chi connectivity index (χ1n) is 9.39. The number of furan rings is 1. The van der Waals surface area contributed by atoms with Gasteiger partial charge in [0.1, 0.15) is 23.3 Å². The number of likely N-dealkylation sites (N-methyl/N-ethyl adjacent to an activating group) is 1. The number of benzene rings is 2. The average molecular weight is 392 g/mol. The molecular weight excluding hydrogens is 368 g/mol. The minimum atomic E-state index is -0.722. The highest BCUT2D eigenvalue weighted by molar-refractivity contribution is 5.88. The molecule has 2 aromatic carbocycles. The Morgan fingerprint density at radius 2 is 1.72 bits per heavy atom. The number of hydrogen-bond acceptors (Lipinski definition) is 4. The Balaban J connectivity index is 1.60. The molecule has 0 saturated heterocycles. The third-order valence-corrected chi connectivity index (χ3v) is 4.58. The van der Waals surface area contributed by atoms with E-state index in [0.29, 0.717) is 12.2 Å². The molecule has 0 fully saturated rings. The van der Waals surface area contributed by atoms with Crippen molar-refractivity contribution in [1.29, 1.82) is 0 Å². The average Bonchev–Trinajstić information content (AvgIpc) is 3.25. The summed E-state index contributed by atoms with van der Waals surface area (Å²) in [5.41, 5.74) is 1.67. The number of carbonyl (C=O) groups excluding carboxylic acids is 2. The maximum absolute atomic E-state index is 12.4. The van der Waals surface area contributed by atoms with Crippen molar-refractivity contribution in [3.8, 4) is 17.1 Å². The van der Waals surface area contributed by atoms with Gasteiger partial charge in [0.15, 0.2) is 0 Å². The molecule has 6 heteroatoms. The molecule has 6 nitrogen and oxygen atoms in total. The van der Waals surface area contributed by atoms with Crippen LogP contribution in [0.1, 0.15) is 23.8 Å². The van der Waals surface area contributed by atoms with Crippen molar-refractivity contribution in [1.82, 2.24) is 10.6 Å². The number of aryl methyl sites for hydroxylation is 1. The molecule has 3 rings (SSSR count). The van der Waals surface area contributed by atoms with Crippen LogP contribution in [0.4, 0.5) is 0 Å². The van der Waals surface area contributed by atoms with Gasteiger partial charge < -0.3 is 19.8 Å². The first kappa shape index (κ1) is 20.2. The number of carbonyl (C=O) groups is 2. The van der Waals surface area contributed by atoms with Gasteiger partial charge in [0.2, 0.25) is 11.8 Å². The van der Waals surface area contributed by atoms with Crippen molar-refractivity contribution >= 4 is 11.8 Å². The fraction of sp³-hybridized carbons (Fsp3) is 0.217. The standard InChI is InChI=1S/C23H24N2O4/c1-24-23(27)22(17-6-4-3-5-7-17)25-21(26)15-13-19-12-14-20(29-19)16-8-10-18(28-2)11-9-16/h3-12,14,22H,13,15H2,1-2H3,(H,24,27)(H,25,26). The summed E-state index contributed by atoms with van der Waals surface area (Å²) in [6.07, 6.45) is 0.660. The Morgan fingerprint density at radius 1 is 1.00 bits per heavy atom. The second-order valence-electron chi connectivity index (χ2n) is 6.52. The van der Waals surface area contributed by atoms with Crippen LogP contribution in [0.2, 0.25) is 0 Å². The third kappa shape index (κ3) is 5.25.